The Hall–Kier alpha value is -1.99. The number of fused-ring (bicyclic) bond motifs is 1. The van der Waals surface area contributed by atoms with Crippen LogP contribution < -0.4 is 5.32 Å². The Morgan fingerprint density at radius 3 is 2.67 bits per heavy atom. The molecular formula is C17H22N4O2S. The van der Waals surface area contributed by atoms with Crippen LogP contribution in [0.1, 0.15) is 31.8 Å². The molecule has 2 heterocycles. The van der Waals surface area contributed by atoms with E-state index in [1.54, 1.807) is 25.2 Å². The van der Waals surface area contributed by atoms with Crippen molar-refractivity contribution in [3.05, 3.63) is 29.3 Å². The SMILES string of the molecule is CC(c1nc2ccccc2s1)N(C)CCN1C(=O)NC(C)(C)C1=O. The highest BCUT2D eigenvalue weighted by Crippen LogP contribution is 2.28. The number of thiazole rings is 1. The zero-order valence-corrected chi connectivity index (χ0v) is 15.2. The molecule has 128 valence electrons. The maximum Gasteiger partial charge on any atom is 0.325 e. The molecule has 0 aliphatic carbocycles. The minimum Gasteiger partial charge on any atom is -0.324 e. The second-order valence-corrected chi connectivity index (χ2v) is 7.75. The number of carbonyl (C=O) groups is 2. The Kier molecular flexibility index (Phi) is 4.31. The molecule has 0 radical (unpaired) electrons. The summed E-state index contributed by atoms with van der Waals surface area (Å²) in [7, 11) is 1.99. The van der Waals surface area contributed by atoms with Crippen molar-refractivity contribution >= 4 is 33.5 Å². The summed E-state index contributed by atoms with van der Waals surface area (Å²) in [5, 5.41) is 3.74. The Labute approximate surface area is 145 Å². The van der Waals surface area contributed by atoms with Gasteiger partial charge in [0.2, 0.25) is 0 Å². The van der Waals surface area contributed by atoms with Crippen LogP contribution in [0, 0.1) is 0 Å². The first kappa shape index (κ1) is 16.9. The van der Waals surface area contributed by atoms with Crippen LogP contribution >= 0.6 is 11.3 Å². The molecule has 1 saturated heterocycles. The van der Waals surface area contributed by atoms with Crippen molar-refractivity contribution in [3.63, 3.8) is 0 Å². The monoisotopic (exact) mass is 346 g/mol. The molecule has 6 nitrogen and oxygen atoms in total. The van der Waals surface area contributed by atoms with E-state index >= 15 is 0 Å². The van der Waals surface area contributed by atoms with Crippen molar-refractivity contribution in [3.8, 4) is 0 Å². The van der Waals surface area contributed by atoms with Gasteiger partial charge in [0, 0.05) is 13.1 Å². The van der Waals surface area contributed by atoms with Gasteiger partial charge in [0.1, 0.15) is 10.5 Å². The van der Waals surface area contributed by atoms with Gasteiger partial charge in [-0.15, -0.1) is 11.3 Å². The van der Waals surface area contributed by atoms with Crippen LogP contribution in [-0.2, 0) is 4.79 Å². The zero-order chi connectivity index (χ0) is 17.5. The van der Waals surface area contributed by atoms with Gasteiger partial charge in [-0.2, -0.15) is 0 Å². The van der Waals surface area contributed by atoms with Crippen molar-refractivity contribution in [2.24, 2.45) is 0 Å². The van der Waals surface area contributed by atoms with E-state index in [0.29, 0.717) is 13.1 Å². The van der Waals surface area contributed by atoms with Crippen LogP contribution in [0.5, 0.6) is 0 Å². The molecule has 2 aromatic rings. The van der Waals surface area contributed by atoms with Crippen LogP contribution in [0.3, 0.4) is 0 Å². The number of aromatic nitrogens is 1. The Bertz CT molecular complexity index is 753. The summed E-state index contributed by atoms with van der Waals surface area (Å²) in [5.74, 6) is -0.173. The first-order valence-corrected chi connectivity index (χ1v) is 8.81. The number of benzene rings is 1. The van der Waals surface area contributed by atoms with Crippen molar-refractivity contribution in [1.29, 1.82) is 0 Å². The van der Waals surface area contributed by atoms with Gasteiger partial charge in [-0.1, -0.05) is 12.1 Å². The summed E-state index contributed by atoms with van der Waals surface area (Å²) in [6.07, 6.45) is 0. The quantitative estimate of drug-likeness (QED) is 0.845. The molecule has 1 aromatic carbocycles. The van der Waals surface area contributed by atoms with Gasteiger partial charge in [0.05, 0.1) is 16.3 Å². The van der Waals surface area contributed by atoms with E-state index in [4.69, 9.17) is 0 Å². The van der Waals surface area contributed by atoms with E-state index in [1.165, 1.54) is 9.60 Å². The van der Waals surface area contributed by atoms with Crippen molar-refractivity contribution in [1.82, 2.24) is 20.1 Å². The standard InChI is InChI=1S/C17H22N4O2S/c1-11(14-18-12-7-5-6-8-13(12)24-14)20(4)9-10-21-15(22)17(2,3)19-16(21)23/h5-8,11H,9-10H2,1-4H3,(H,19,23). The fraction of sp³-hybridized carbons (Fsp3) is 0.471. The number of urea groups is 1. The van der Waals surface area contributed by atoms with Gasteiger partial charge in [-0.3, -0.25) is 14.6 Å². The van der Waals surface area contributed by atoms with Gasteiger partial charge >= 0.3 is 6.03 Å². The molecule has 0 bridgehead atoms. The van der Waals surface area contributed by atoms with Crippen LogP contribution in [0.4, 0.5) is 4.79 Å². The number of rotatable bonds is 5. The lowest BCUT2D eigenvalue weighted by atomic mass is 10.1. The molecule has 1 N–H and O–H groups in total. The van der Waals surface area contributed by atoms with E-state index < -0.39 is 5.54 Å². The van der Waals surface area contributed by atoms with E-state index in [0.717, 1.165) is 10.5 Å². The van der Waals surface area contributed by atoms with Crippen molar-refractivity contribution < 1.29 is 9.59 Å². The second kappa shape index (κ2) is 6.14. The summed E-state index contributed by atoms with van der Waals surface area (Å²) in [4.78, 5) is 32.2. The lowest BCUT2D eigenvalue weighted by molar-refractivity contribution is -0.130. The Balaban J connectivity index is 1.65. The maximum absolute atomic E-state index is 12.2. The van der Waals surface area contributed by atoms with Crippen LogP contribution in [-0.4, -0.2) is 52.4 Å². The van der Waals surface area contributed by atoms with Crippen molar-refractivity contribution in [2.75, 3.05) is 20.1 Å². The number of para-hydroxylation sites is 1. The number of carbonyl (C=O) groups excluding carboxylic acids is 2. The highest BCUT2D eigenvalue weighted by molar-refractivity contribution is 7.18. The Morgan fingerprint density at radius 1 is 1.33 bits per heavy atom. The highest BCUT2D eigenvalue weighted by Gasteiger charge is 2.43. The lowest BCUT2D eigenvalue weighted by Crippen LogP contribution is -2.41. The molecule has 3 amide bonds. The number of hydrogen-bond donors (Lipinski definition) is 1. The largest absolute Gasteiger partial charge is 0.325 e. The molecule has 7 heteroatoms. The minimum absolute atomic E-state index is 0.121. The van der Waals surface area contributed by atoms with Gasteiger partial charge in [-0.25, -0.2) is 9.78 Å². The van der Waals surface area contributed by atoms with E-state index in [2.05, 4.69) is 28.2 Å². The molecule has 1 aliphatic heterocycles. The molecular weight excluding hydrogens is 324 g/mol. The minimum atomic E-state index is -0.811. The summed E-state index contributed by atoms with van der Waals surface area (Å²) in [6, 6.07) is 7.88. The number of nitrogens with zero attached hydrogens (tertiary/aromatic N) is 3. The Morgan fingerprint density at radius 2 is 2.04 bits per heavy atom. The fourth-order valence-electron chi connectivity index (χ4n) is 2.73. The third kappa shape index (κ3) is 3.01. The van der Waals surface area contributed by atoms with Crippen LogP contribution in [0.15, 0.2) is 24.3 Å². The van der Waals surface area contributed by atoms with Gasteiger partial charge in [-0.05, 0) is 40.0 Å². The number of likely N-dealkylation sites (N-methyl/N-ethyl adjacent to an activating group) is 1. The molecule has 1 aromatic heterocycles. The van der Waals surface area contributed by atoms with Gasteiger partial charge < -0.3 is 5.32 Å². The number of amides is 3. The molecule has 1 fully saturated rings. The molecule has 3 rings (SSSR count). The molecule has 24 heavy (non-hydrogen) atoms. The number of nitrogens with one attached hydrogen (secondary N) is 1. The van der Waals surface area contributed by atoms with Gasteiger partial charge in [0.25, 0.3) is 5.91 Å². The van der Waals surface area contributed by atoms with Crippen LogP contribution in [0.25, 0.3) is 10.2 Å². The predicted octanol–water partition coefficient (Wildman–Crippen LogP) is 2.62. The van der Waals surface area contributed by atoms with Crippen LogP contribution in [0.2, 0.25) is 0 Å². The summed E-state index contributed by atoms with van der Waals surface area (Å²) >= 11 is 1.68. The third-order valence-corrected chi connectivity index (χ3v) is 5.66. The van der Waals surface area contributed by atoms with E-state index in [1.807, 2.05) is 25.2 Å². The zero-order valence-electron chi connectivity index (χ0n) is 14.4. The molecule has 1 atom stereocenters. The third-order valence-electron chi connectivity index (χ3n) is 4.45. The summed E-state index contributed by atoms with van der Waals surface area (Å²) in [5.41, 5.74) is 0.197. The van der Waals surface area contributed by atoms with Crippen molar-refractivity contribution in [2.45, 2.75) is 32.4 Å². The smallest absolute Gasteiger partial charge is 0.324 e. The number of hydrogen-bond acceptors (Lipinski definition) is 5. The fourth-order valence-corrected chi connectivity index (χ4v) is 3.81. The average molecular weight is 346 g/mol. The number of imide groups is 1. The topological polar surface area (TPSA) is 65.5 Å². The molecule has 1 unspecified atom stereocenters. The predicted molar refractivity (Wildman–Crippen MR) is 95.0 cm³/mol. The summed E-state index contributed by atoms with van der Waals surface area (Å²) in [6.45, 7) is 6.51. The molecule has 0 saturated carbocycles. The summed E-state index contributed by atoms with van der Waals surface area (Å²) < 4.78 is 1.17. The van der Waals surface area contributed by atoms with E-state index in [9.17, 15) is 9.59 Å². The normalized spacial score (nSPS) is 18.5. The maximum atomic E-state index is 12.2. The lowest BCUT2D eigenvalue weighted by Gasteiger charge is -2.25. The second-order valence-electron chi connectivity index (χ2n) is 6.69. The first-order valence-electron chi connectivity index (χ1n) is 7.99. The first-order chi connectivity index (χ1) is 11.3. The molecule has 1 aliphatic rings. The van der Waals surface area contributed by atoms with E-state index in [-0.39, 0.29) is 18.0 Å². The average Bonchev–Trinajstić information content (AvgIpc) is 3.04. The molecule has 0 spiro atoms. The van der Waals surface area contributed by atoms with Gasteiger partial charge in [0.15, 0.2) is 0 Å². The highest BCUT2D eigenvalue weighted by atomic mass is 32.1.